The van der Waals surface area contributed by atoms with Gasteiger partial charge in [0.05, 0.1) is 6.61 Å². The third-order valence-corrected chi connectivity index (χ3v) is 4.20. The monoisotopic (exact) mass is 327 g/mol. The van der Waals surface area contributed by atoms with E-state index >= 15 is 0 Å². The lowest BCUT2D eigenvalue weighted by atomic mass is 9.91. The smallest absolute Gasteiger partial charge is 0.161 e. The Bertz CT molecular complexity index is 654. The third-order valence-electron chi connectivity index (χ3n) is 4.20. The first kappa shape index (κ1) is 16.7. The van der Waals surface area contributed by atoms with Gasteiger partial charge < -0.3 is 19.9 Å². The number of hydrogen-bond donors (Lipinski definition) is 1. The first-order chi connectivity index (χ1) is 11.8. The highest BCUT2D eigenvalue weighted by Crippen LogP contribution is 2.34. The van der Waals surface area contributed by atoms with Gasteiger partial charge in [-0.1, -0.05) is 25.1 Å². The summed E-state index contributed by atoms with van der Waals surface area (Å²) < 4.78 is 16.9. The second-order valence-electron chi connectivity index (χ2n) is 6.03. The molecule has 0 radical (unpaired) electrons. The van der Waals surface area contributed by atoms with Crippen LogP contribution >= 0.6 is 0 Å². The SMILES string of the molecule is CCCOc1ccc(CC(CN)c2ccc3c(c2)OCCO3)cc1. The van der Waals surface area contributed by atoms with Gasteiger partial charge in [-0.15, -0.1) is 0 Å². The Kier molecular flexibility index (Phi) is 5.59. The molecule has 4 heteroatoms. The van der Waals surface area contributed by atoms with Gasteiger partial charge in [-0.2, -0.15) is 0 Å². The Morgan fingerprint density at radius 3 is 2.50 bits per heavy atom. The molecule has 4 nitrogen and oxygen atoms in total. The highest BCUT2D eigenvalue weighted by Gasteiger charge is 2.16. The summed E-state index contributed by atoms with van der Waals surface area (Å²) in [5.41, 5.74) is 8.47. The Morgan fingerprint density at radius 1 is 1.04 bits per heavy atom. The molecule has 0 aliphatic carbocycles. The molecular formula is C20H25NO3. The zero-order valence-electron chi connectivity index (χ0n) is 14.2. The van der Waals surface area contributed by atoms with E-state index in [2.05, 4.69) is 31.2 Å². The molecular weight excluding hydrogens is 302 g/mol. The van der Waals surface area contributed by atoms with Crippen molar-refractivity contribution in [2.24, 2.45) is 5.73 Å². The van der Waals surface area contributed by atoms with Crippen molar-refractivity contribution in [2.45, 2.75) is 25.7 Å². The van der Waals surface area contributed by atoms with Crippen LogP contribution in [0.3, 0.4) is 0 Å². The average molecular weight is 327 g/mol. The van der Waals surface area contributed by atoms with Crippen LogP contribution < -0.4 is 19.9 Å². The van der Waals surface area contributed by atoms with Crippen molar-refractivity contribution in [1.29, 1.82) is 0 Å². The number of fused-ring (bicyclic) bond motifs is 1. The highest BCUT2D eigenvalue weighted by molar-refractivity contribution is 5.45. The second kappa shape index (κ2) is 8.06. The van der Waals surface area contributed by atoms with E-state index in [0.717, 1.165) is 36.7 Å². The van der Waals surface area contributed by atoms with Gasteiger partial charge in [0.25, 0.3) is 0 Å². The molecule has 1 atom stereocenters. The van der Waals surface area contributed by atoms with Crippen molar-refractivity contribution < 1.29 is 14.2 Å². The minimum absolute atomic E-state index is 0.253. The molecule has 1 heterocycles. The fraction of sp³-hybridized carbons (Fsp3) is 0.400. The first-order valence-corrected chi connectivity index (χ1v) is 8.61. The maximum absolute atomic E-state index is 6.03. The van der Waals surface area contributed by atoms with Crippen molar-refractivity contribution >= 4 is 0 Å². The van der Waals surface area contributed by atoms with Crippen LogP contribution in [-0.4, -0.2) is 26.4 Å². The van der Waals surface area contributed by atoms with Gasteiger partial charge in [-0.3, -0.25) is 0 Å². The summed E-state index contributed by atoms with van der Waals surface area (Å²) in [6.07, 6.45) is 1.91. The Hall–Kier alpha value is -2.20. The summed E-state index contributed by atoms with van der Waals surface area (Å²) >= 11 is 0. The molecule has 0 fully saturated rings. The molecule has 0 saturated heterocycles. The predicted molar refractivity (Wildman–Crippen MR) is 95.2 cm³/mol. The van der Waals surface area contributed by atoms with Gasteiger partial charge in [-0.05, 0) is 54.8 Å². The van der Waals surface area contributed by atoms with Gasteiger partial charge in [0.15, 0.2) is 11.5 Å². The van der Waals surface area contributed by atoms with E-state index in [0.29, 0.717) is 19.8 Å². The maximum Gasteiger partial charge on any atom is 0.161 e. The first-order valence-electron chi connectivity index (χ1n) is 8.61. The van der Waals surface area contributed by atoms with E-state index in [1.54, 1.807) is 0 Å². The summed E-state index contributed by atoms with van der Waals surface area (Å²) in [6, 6.07) is 14.4. The van der Waals surface area contributed by atoms with Crippen molar-refractivity contribution in [1.82, 2.24) is 0 Å². The van der Waals surface area contributed by atoms with Crippen LogP contribution in [0.15, 0.2) is 42.5 Å². The standard InChI is InChI=1S/C20H25NO3/c1-2-9-22-18-6-3-15(4-7-18)12-17(14-21)16-5-8-19-20(13-16)24-11-10-23-19/h3-8,13,17H,2,9-12,14,21H2,1H3. The average Bonchev–Trinajstić information content (AvgIpc) is 2.65. The number of ether oxygens (including phenoxy) is 3. The predicted octanol–water partition coefficient (Wildman–Crippen LogP) is 3.53. The highest BCUT2D eigenvalue weighted by atomic mass is 16.6. The van der Waals surface area contributed by atoms with Gasteiger partial charge in [0, 0.05) is 5.92 Å². The molecule has 1 unspecified atom stereocenters. The zero-order chi connectivity index (χ0) is 16.8. The lowest BCUT2D eigenvalue weighted by Crippen LogP contribution is -2.18. The van der Waals surface area contributed by atoms with E-state index in [4.69, 9.17) is 19.9 Å². The number of benzene rings is 2. The molecule has 3 rings (SSSR count). The van der Waals surface area contributed by atoms with E-state index in [1.165, 1.54) is 11.1 Å². The molecule has 0 spiro atoms. The molecule has 0 amide bonds. The van der Waals surface area contributed by atoms with Gasteiger partial charge in [-0.25, -0.2) is 0 Å². The third kappa shape index (κ3) is 4.01. The minimum Gasteiger partial charge on any atom is -0.494 e. The zero-order valence-corrected chi connectivity index (χ0v) is 14.2. The van der Waals surface area contributed by atoms with Crippen LogP contribution in [0, 0.1) is 0 Å². The van der Waals surface area contributed by atoms with Gasteiger partial charge >= 0.3 is 0 Å². The van der Waals surface area contributed by atoms with Crippen LogP contribution in [0.5, 0.6) is 17.2 Å². The minimum atomic E-state index is 0.253. The Balaban J connectivity index is 1.70. The number of rotatable bonds is 7. The number of nitrogens with two attached hydrogens (primary N) is 1. The fourth-order valence-electron chi connectivity index (χ4n) is 2.88. The second-order valence-corrected chi connectivity index (χ2v) is 6.03. The molecule has 2 aromatic rings. The lowest BCUT2D eigenvalue weighted by molar-refractivity contribution is 0.171. The Labute approximate surface area is 143 Å². The van der Waals surface area contributed by atoms with E-state index in [-0.39, 0.29) is 5.92 Å². The molecule has 2 N–H and O–H groups in total. The van der Waals surface area contributed by atoms with Crippen LogP contribution in [0.1, 0.15) is 30.4 Å². The van der Waals surface area contributed by atoms with Crippen molar-refractivity contribution in [3.8, 4) is 17.2 Å². The molecule has 0 aromatic heterocycles. The Morgan fingerprint density at radius 2 is 1.79 bits per heavy atom. The topological polar surface area (TPSA) is 53.7 Å². The summed E-state index contributed by atoms with van der Waals surface area (Å²) in [6.45, 7) is 4.66. The van der Waals surface area contributed by atoms with Crippen LogP contribution in [0.4, 0.5) is 0 Å². The number of hydrogen-bond acceptors (Lipinski definition) is 4. The quantitative estimate of drug-likeness (QED) is 0.845. The lowest BCUT2D eigenvalue weighted by Gasteiger charge is -2.21. The summed E-state index contributed by atoms with van der Waals surface area (Å²) in [5.74, 6) is 2.81. The van der Waals surface area contributed by atoms with Gasteiger partial charge in [0.1, 0.15) is 19.0 Å². The van der Waals surface area contributed by atoms with Crippen molar-refractivity contribution in [3.63, 3.8) is 0 Å². The summed E-state index contributed by atoms with van der Waals surface area (Å²) in [5, 5.41) is 0. The van der Waals surface area contributed by atoms with Crippen LogP contribution in [0.25, 0.3) is 0 Å². The molecule has 1 aliphatic rings. The van der Waals surface area contributed by atoms with Crippen LogP contribution in [0.2, 0.25) is 0 Å². The van der Waals surface area contributed by atoms with Gasteiger partial charge in [0.2, 0.25) is 0 Å². The van der Waals surface area contributed by atoms with Crippen molar-refractivity contribution in [2.75, 3.05) is 26.4 Å². The molecule has 2 aromatic carbocycles. The van der Waals surface area contributed by atoms with E-state index in [9.17, 15) is 0 Å². The fourth-order valence-corrected chi connectivity index (χ4v) is 2.88. The van der Waals surface area contributed by atoms with E-state index in [1.807, 2.05) is 18.2 Å². The molecule has 1 aliphatic heterocycles. The normalized spacial score (nSPS) is 14.2. The van der Waals surface area contributed by atoms with Crippen molar-refractivity contribution in [3.05, 3.63) is 53.6 Å². The molecule has 0 bridgehead atoms. The molecule has 0 saturated carbocycles. The molecule has 128 valence electrons. The van der Waals surface area contributed by atoms with Crippen LogP contribution in [-0.2, 0) is 6.42 Å². The maximum atomic E-state index is 6.03. The molecule has 24 heavy (non-hydrogen) atoms. The largest absolute Gasteiger partial charge is 0.494 e. The summed E-state index contributed by atoms with van der Waals surface area (Å²) in [4.78, 5) is 0. The van der Waals surface area contributed by atoms with E-state index < -0.39 is 0 Å². The summed E-state index contributed by atoms with van der Waals surface area (Å²) in [7, 11) is 0.